The van der Waals surface area contributed by atoms with Crippen LogP contribution < -0.4 is 4.74 Å². The van der Waals surface area contributed by atoms with Gasteiger partial charge < -0.3 is 9.64 Å². The van der Waals surface area contributed by atoms with E-state index in [-0.39, 0.29) is 5.91 Å². The Morgan fingerprint density at radius 3 is 2.61 bits per heavy atom. The standard InChI is InChI=1S/C14H18ClNO2/c1-11(14(17)16-9-5-2-6-10-16)18-13-8-4-3-7-12(13)15/h3-4,7-8,11H,2,5-6,9-10H2,1H3/t11-/m0/s1. The Morgan fingerprint density at radius 2 is 1.94 bits per heavy atom. The van der Waals surface area contributed by atoms with E-state index in [1.54, 1.807) is 19.1 Å². The lowest BCUT2D eigenvalue weighted by Crippen LogP contribution is -2.43. The molecule has 1 aliphatic heterocycles. The topological polar surface area (TPSA) is 29.5 Å². The number of hydrogen-bond acceptors (Lipinski definition) is 2. The molecule has 2 rings (SSSR count). The van der Waals surface area contributed by atoms with Gasteiger partial charge in [-0.05, 0) is 38.3 Å². The molecular formula is C14H18ClNO2. The van der Waals surface area contributed by atoms with Gasteiger partial charge in [-0.1, -0.05) is 23.7 Å². The SMILES string of the molecule is C[C@H](Oc1ccccc1Cl)C(=O)N1CCCCC1. The fourth-order valence-corrected chi connectivity index (χ4v) is 2.33. The summed E-state index contributed by atoms with van der Waals surface area (Å²) in [5.41, 5.74) is 0. The van der Waals surface area contributed by atoms with Crippen LogP contribution in [0.2, 0.25) is 5.02 Å². The van der Waals surface area contributed by atoms with E-state index in [0.29, 0.717) is 10.8 Å². The lowest BCUT2D eigenvalue weighted by molar-refractivity contribution is -0.138. The van der Waals surface area contributed by atoms with Crippen molar-refractivity contribution in [2.45, 2.75) is 32.3 Å². The average molecular weight is 268 g/mol. The van der Waals surface area contributed by atoms with Crippen LogP contribution >= 0.6 is 11.6 Å². The summed E-state index contributed by atoms with van der Waals surface area (Å²) in [7, 11) is 0. The second-order valence-corrected chi connectivity index (χ2v) is 4.98. The van der Waals surface area contributed by atoms with E-state index in [1.165, 1.54) is 6.42 Å². The van der Waals surface area contributed by atoms with Gasteiger partial charge in [0.1, 0.15) is 5.75 Å². The summed E-state index contributed by atoms with van der Waals surface area (Å²) < 4.78 is 5.64. The number of hydrogen-bond donors (Lipinski definition) is 0. The minimum Gasteiger partial charge on any atom is -0.479 e. The normalized spacial score (nSPS) is 17.3. The molecule has 18 heavy (non-hydrogen) atoms. The van der Waals surface area contributed by atoms with Crippen LogP contribution in [0.4, 0.5) is 0 Å². The van der Waals surface area contributed by atoms with Crippen LogP contribution in [0.5, 0.6) is 5.75 Å². The van der Waals surface area contributed by atoms with Gasteiger partial charge in [0.2, 0.25) is 0 Å². The zero-order valence-corrected chi connectivity index (χ0v) is 11.3. The zero-order valence-electron chi connectivity index (χ0n) is 10.6. The molecular weight excluding hydrogens is 250 g/mol. The van der Waals surface area contributed by atoms with Crippen LogP contribution in [0.3, 0.4) is 0 Å². The lowest BCUT2D eigenvalue weighted by atomic mass is 10.1. The number of likely N-dealkylation sites (tertiary alicyclic amines) is 1. The summed E-state index contributed by atoms with van der Waals surface area (Å²) in [6.45, 7) is 3.46. The largest absolute Gasteiger partial charge is 0.479 e. The number of piperidine rings is 1. The molecule has 1 heterocycles. The highest BCUT2D eigenvalue weighted by Crippen LogP contribution is 2.24. The number of amides is 1. The van der Waals surface area contributed by atoms with Crippen molar-refractivity contribution in [3.63, 3.8) is 0 Å². The van der Waals surface area contributed by atoms with Gasteiger partial charge in [0.05, 0.1) is 5.02 Å². The Hall–Kier alpha value is -1.22. The molecule has 0 unspecified atom stereocenters. The van der Waals surface area contributed by atoms with E-state index in [0.717, 1.165) is 25.9 Å². The van der Waals surface area contributed by atoms with Crippen LogP contribution in [-0.2, 0) is 4.79 Å². The Labute approximate surface area is 113 Å². The predicted molar refractivity (Wildman–Crippen MR) is 72.0 cm³/mol. The maximum Gasteiger partial charge on any atom is 0.263 e. The number of rotatable bonds is 3. The number of para-hydroxylation sites is 1. The minimum atomic E-state index is -0.483. The molecule has 1 atom stereocenters. The monoisotopic (exact) mass is 267 g/mol. The summed E-state index contributed by atoms with van der Waals surface area (Å²) in [6.07, 6.45) is 2.90. The second kappa shape index (κ2) is 6.10. The zero-order chi connectivity index (χ0) is 13.0. The maximum atomic E-state index is 12.2. The molecule has 0 aliphatic carbocycles. The van der Waals surface area contributed by atoms with E-state index in [1.807, 2.05) is 17.0 Å². The number of benzene rings is 1. The van der Waals surface area contributed by atoms with Crippen LogP contribution in [0.15, 0.2) is 24.3 Å². The van der Waals surface area contributed by atoms with Crippen LogP contribution in [0.25, 0.3) is 0 Å². The third-order valence-corrected chi connectivity index (χ3v) is 3.47. The maximum absolute atomic E-state index is 12.2. The van der Waals surface area contributed by atoms with E-state index in [9.17, 15) is 4.79 Å². The van der Waals surface area contributed by atoms with Crippen molar-refractivity contribution in [3.8, 4) is 5.75 Å². The molecule has 1 aromatic rings. The van der Waals surface area contributed by atoms with Crippen molar-refractivity contribution in [2.75, 3.05) is 13.1 Å². The average Bonchev–Trinajstić information content (AvgIpc) is 2.41. The number of nitrogens with zero attached hydrogens (tertiary/aromatic N) is 1. The molecule has 3 nitrogen and oxygen atoms in total. The fraction of sp³-hybridized carbons (Fsp3) is 0.500. The van der Waals surface area contributed by atoms with E-state index < -0.39 is 6.10 Å². The van der Waals surface area contributed by atoms with Crippen molar-refractivity contribution in [2.24, 2.45) is 0 Å². The molecule has 1 saturated heterocycles. The number of carbonyl (C=O) groups is 1. The van der Waals surface area contributed by atoms with E-state index >= 15 is 0 Å². The summed E-state index contributed by atoms with van der Waals surface area (Å²) >= 11 is 6.01. The van der Waals surface area contributed by atoms with Crippen molar-refractivity contribution < 1.29 is 9.53 Å². The third kappa shape index (κ3) is 3.16. The van der Waals surface area contributed by atoms with Gasteiger partial charge in [0.15, 0.2) is 6.10 Å². The first kappa shape index (κ1) is 13.2. The molecule has 1 fully saturated rings. The highest BCUT2D eigenvalue weighted by atomic mass is 35.5. The highest BCUT2D eigenvalue weighted by molar-refractivity contribution is 6.32. The van der Waals surface area contributed by atoms with Gasteiger partial charge in [0.25, 0.3) is 5.91 Å². The highest BCUT2D eigenvalue weighted by Gasteiger charge is 2.23. The molecule has 1 amide bonds. The van der Waals surface area contributed by atoms with Crippen molar-refractivity contribution in [1.82, 2.24) is 4.90 Å². The molecule has 0 spiro atoms. The smallest absolute Gasteiger partial charge is 0.263 e. The molecule has 0 aromatic heterocycles. The molecule has 98 valence electrons. The van der Waals surface area contributed by atoms with E-state index in [4.69, 9.17) is 16.3 Å². The van der Waals surface area contributed by atoms with E-state index in [2.05, 4.69) is 0 Å². The first-order valence-corrected chi connectivity index (χ1v) is 6.76. The van der Waals surface area contributed by atoms with Gasteiger partial charge in [-0.25, -0.2) is 0 Å². The molecule has 0 N–H and O–H groups in total. The minimum absolute atomic E-state index is 0.0506. The summed E-state index contributed by atoms with van der Waals surface area (Å²) in [5, 5.41) is 0.538. The van der Waals surface area contributed by atoms with Gasteiger partial charge in [0, 0.05) is 13.1 Å². The Kier molecular flexibility index (Phi) is 4.48. The number of halogens is 1. The third-order valence-electron chi connectivity index (χ3n) is 3.16. The fourth-order valence-electron chi connectivity index (χ4n) is 2.15. The molecule has 0 radical (unpaired) electrons. The van der Waals surface area contributed by atoms with Gasteiger partial charge in [-0.2, -0.15) is 0 Å². The molecule has 4 heteroatoms. The van der Waals surface area contributed by atoms with Crippen LogP contribution in [0, 0.1) is 0 Å². The summed E-state index contributed by atoms with van der Waals surface area (Å²) in [6, 6.07) is 7.23. The Balaban J connectivity index is 1.96. The number of carbonyl (C=O) groups excluding carboxylic acids is 1. The van der Waals surface area contributed by atoms with Crippen LogP contribution in [-0.4, -0.2) is 30.0 Å². The lowest BCUT2D eigenvalue weighted by Gasteiger charge is -2.29. The van der Waals surface area contributed by atoms with Crippen molar-refractivity contribution >= 4 is 17.5 Å². The first-order chi connectivity index (χ1) is 8.68. The predicted octanol–water partition coefficient (Wildman–Crippen LogP) is 3.12. The van der Waals surface area contributed by atoms with Crippen molar-refractivity contribution in [3.05, 3.63) is 29.3 Å². The van der Waals surface area contributed by atoms with Gasteiger partial charge in [-0.3, -0.25) is 4.79 Å². The van der Waals surface area contributed by atoms with Gasteiger partial charge in [-0.15, -0.1) is 0 Å². The second-order valence-electron chi connectivity index (χ2n) is 4.58. The molecule has 0 saturated carbocycles. The molecule has 0 bridgehead atoms. The summed E-state index contributed by atoms with van der Waals surface area (Å²) in [5.74, 6) is 0.617. The van der Waals surface area contributed by atoms with Gasteiger partial charge >= 0.3 is 0 Å². The first-order valence-electron chi connectivity index (χ1n) is 6.38. The quantitative estimate of drug-likeness (QED) is 0.842. The Morgan fingerprint density at radius 1 is 1.28 bits per heavy atom. The summed E-state index contributed by atoms with van der Waals surface area (Å²) in [4.78, 5) is 14.1. The Bertz CT molecular complexity index is 416. The molecule has 1 aliphatic rings. The number of ether oxygens (including phenoxy) is 1. The molecule has 1 aromatic carbocycles. The van der Waals surface area contributed by atoms with Crippen LogP contribution in [0.1, 0.15) is 26.2 Å². The van der Waals surface area contributed by atoms with Crippen molar-refractivity contribution in [1.29, 1.82) is 0 Å².